The van der Waals surface area contributed by atoms with Crippen molar-refractivity contribution in [1.82, 2.24) is 10.2 Å². The van der Waals surface area contributed by atoms with Gasteiger partial charge in [0.05, 0.1) is 11.6 Å². The molecule has 2 aliphatic rings. The van der Waals surface area contributed by atoms with Crippen LogP contribution in [0.5, 0.6) is 5.75 Å². The number of nitrogens with one attached hydrogen (secondary N) is 1. The maximum atomic E-state index is 12.0. The molecule has 1 N–H and O–H groups in total. The highest BCUT2D eigenvalue weighted by Gasteiger charge is 2.34. The van der Waals surface area contributed by atoms with Crippen LogP contribution in [0.15, 0.2) is 24.3 Å². The van der Waals surface area contributed by atoms with E-state index in [1.54, 1.807) is 6.07 Å². The first kappa shape index (κ1) is 18.1. The van der Waals surface area contributed by atoms with Gasteiger partial charge in [0.2, 0.25) is 11.8 Å². The minimum atomic E-state index is 0.0507. The van der Waals surface area contributed by atoms with Gasteiger partial charge in [-0.2, -0.15) is 0 Å². The highest BCUT2D eigenvalue weighted by atomic mass is 35.5. The van der Waals surface area contributed by atoms with Crippen molar-refractivity contribution >= 4 is 23.4 Å². The van der Waals surface area contributed by atoms with Crippen molar-refractivity contribution in [3.63, 3.8) is 0 Å². The van der Waals surface area contributed by atoms with Gasteiger partial charge in [-0.25, -0.2) is 0 Å². The molecule has 0 spiro atoms. The van der Waals surface area contributed by atoms with E-state index in [2.05, 4.69) is 5.32 Å². The highest BCUT2D eigenvalue weighted by Crippen LogP contribution is 2.31. The molecule has 0 bridgehead atoms. The molecule has 1 aliphatic carbocycles. The molecule has 2 amide bonds. The Balaban J connectivity index is 1.29. The largest absolute Gasteiger partial charge is 0.492 e. The van der Waals surface area contributed by atoms with Gasteiger partial charge in [-0.05, 0) is 44.2 Å². The van der Waals surface area contributed by atoms with Crippen LogP contribution >= 0.6 is 11.6 Å². The second-order valence-corrected chi connectivity index (χ2v) is 7.23. The molecule has 1 saturated carbocycles. The summed E-state index contributed by atoms with van der Waals surface area (Å²) < 4.78 is 5.59. The molecule has 0 radical (unpaired) electrons. The fraction of sp³-hybridized carbons (Fsp3) is 0.579. The van der Waals surface area contributed by atoms with Gasteiger partial charge in [-0.15, -0.1) is 0 Å². The molecular formula is C19H25ClN2O3. The number of carbonyl (C=O) groups is 2. The number of likely N-dealkylation sites (tertiary alicyclic amines) is 1. The van der Waals surface area contributed by atoms with Crippen molar-refractivity contribution < 1.29 is 14.3 Å². The third-order valence-corrected chi connectivity index (χ3v) is 5.05. The lowest BCUT2D eigenvalue weighted by molar-refractivity contribution is -0.133. The number of nitrogens with zero attached hydrogens (tertiary/aromatic N) is 1. The van der Waals surface area contributed by atoms with Crippen LogP contribution in [0.1, 0.15) is 38.5 Å². The van der Waals surface area contributed by atoms with Crippen molar-refractivity contribution in [1.29, 1.82) is 0 Å². The number of para-hydroxylation sites is 1. The lowest BCUT2D eigenvalue weighted by atomic mass is 10.0. The van der Waals surface area contributed by atoms with Crippen LogP contribution in [-0.4, -0.2) is 42.5 Å². The summed E-state index contributed by atoms with van der Waals surface area (Å²) >= 11 is 6.02. The molecule has 0 atom stereocenters. The summed E-state index contributed by atoms with van der Waals surface area (Å²) in [4.78, 5) is 26.0. The summed E-state index contributed by atoms with van der Waals surface area (Å²) in [6, 6.07) is 7.50. The Labute approximate surface area is 153 Å². The summed E-state index contributed by atoms with van der Waals surface area (Å²) in [5.74, 6) is 1.29. The molecule has 0 unspecified atom stereocenters. The predicted octanol–water partition coefficient (Wildman–Crippen LogP) is 3.02. The summed E-state index contributed by atoms with van der Waals surface area (Å²) in [5, 5.41) is 3.66. The number of rotatable bonds is 7. The van der Waals surface area contributed by atoms with Crippen molar-refractivity contribution in [2.24, 2.45) is 5.92 Å². The van der Waals surface area contributed by atoms with Crippen LogP contribution in [-0.2, 0) is 9.59 Å². The van der Waals surface area contributed by atoms with Gasteiger partial charge in [-0.1, -0.05) is 23.7 Å². The average Bonchev–Trinajstić information content (AvgIpc) is 3.45. The van der Waals surface area contributed by atoms with E-state index in [-0.39, 0.29) is 17.9 Å². The Morgan fingerprint density at radius 1 is 1.16 bits per heavy atom. The van der Waals surface area contributed by atoms with Crippen LogP contribution in [0.25, 0.3) is 0 Å². The lowest BCUT2D eigenvalue weighted by Gasteiger charge is -2.32. The fourth-order valence-corrected chi connectivity index (χ4v) is 3.30. The smallest absolute Gasteiger partial charge is 0.225 e. The van der Waals surface area contributed by atoms with Gasteiger partial charge in [0.1, 0.15) is 5.75 Å². The Morgan fingerprint density at radius 2 is 1.88 bits per heavy atom. The van der Waals surface area contributed by atoms with E-state index >= 15 is 0 Å². The average molecular weight is 365 g/mol. The third kappa shape index (κ3) is 5.36. The summed E-state index contributed by atoms with van der Waals surface area (Å²) in [7, 11) is 0. The third-order valence-electron chi connectivity index (χ3n) is 4.74. The van der Waals surface area contributed by atoms with Gasteiger partial charge in [0.25, 0.3) is 0 Å². The van der Waals surface area contributed by atoms with Gasteiger partial charge >= 0.3 is 0 Å². The lowest BCUT2D eigenvalue weighted by Crippen LogP contribution is -2.47. The molecule has 1 aromatic carbocycles. The van der Waals surface area contributed by atoms with Crippen molar-refractivity contribution in [3.8, 4) is 5.75 Å². The zero-order chi connectivity index (χ0) is 17.6. The van der Waals surface area contributed by atoms with Gasteiger partial charge < -0.3 is 15.0 Å². The number of amides is 2. The van der Waals surface area contributed by atoms with Crippen LogP contribution in [0.2, 0.25) is 5.02 Å². The van der Waals surface area contributed by atoms with E-state index in [1.807, 2.05) is 23.1 Å². The fourth-order valence-electron chi connectivity index (χ4n) is 3.11. The van der Waals surface area contributed by atoms with Crippen molar-refractivity contribution in [3.05, 3.63) is 29.3 Å². The SMILES string of the molecule is O=C(CCCOc1ccccc1Cl)NC1CCN(C(=O)C2CC2)CC1. The van der Waals surface area contributed by atoms with Crippen LogP contribution in [0.4, 0.5) is 0 Å². The number of benzene rings is 1. The number of halogens is 1. The molecule has 2 fully saturated rings. The summed E-state index contributed by atoms with van der Waals surface area (Å²) in [6.45, 7) is 1.98. The Kier molecular flexibility index (Phi) is 6.19. The molecule has 0 aromatic heterocycles. The van der Waals surface area contributed by atoms with Crippen molar-refractivity contribution in [2.45, 2.75) is 44.6 Å². The molecule has 1 saturated heterocycles. The van der Waals surface area contributed by atoms with Crippen LogP contribution in [0.3, 0.4) is 0 Å². The minimum Gasteiger partial charge on any atom is -0.492 e. The molecule has 25 heavy (non-hydrogen) atoms. The zero-order valence-corrected chi connectivity index (χ0v) is 15.1. The Morgan fingerprint density at radius 3 is 2.56 bits per heavy atom. The zero-order valence-electron chi connectivity index (χ0n) is 14.4. The standard InChI is InChI=1S/C19H25ClN2O3/c20-16-4-1-2-5-17(16)25-13-3-6-18(23)21-15-9-11-22(12-10-15)19(24)14-7-8-14/h1-2,4-5,14-15H,3,6-13H2,(H,21,23). The van der Waals surface area contributed by atoms with E-state index < -0.39 is 0 Å². The highest BCUT2D eigenvalue weighted by molar-refractivity contribution is 6.32. The molecule has 5 nitrogen and oxygen atoms in total. The number of hydrogen-bond donors (Lipinski definition) is 1. The first-order valence-electron chi connectivity index (χ1n) is 9.09. The number of hydrogen-bond acceptors (Lipinski definition) is 3. The van der Waals surface area contributed by atoms with E-state index in [1.165, 1.54) is 0 Å². The molecular weight excluding hydrogens is 340 g/mol. The topological polar surface area (TPSA) is 58.6 Å². The van der Waals surface area contributed by atoms with E-state index in [9.17, 15) is 9.59 Å². The first-order valence-corrected chi connectivity index (χ1v) is 9.47. The van der Waals surface area contributed by atoms with E-state index in [0.29, 0.717) is 36.1 Å². The molecule has 1 heterocycles. The quantitative estimate of drug-likeness (QED) is 0.756. The monoisotopic (exact) mass is 364 g/mol. The van der Waals surface area contributed by atoms with Gasteiger partial charge in [-0.3, -0.25) is 9.59 Å². The van der Waals surface area contributed by atoms with Crippen LogP contribution < -0.4 is 10.1 Å². The normalized spacial score (nSPS) is 18.0. The predicted molar refractivity (Wildman–Crippen MR) is 96.6 cm³/mol. The summed E-state index contributed by atoms with van der Waals surface area (Å²) in [5.41, 5.74) is 0. The van der Waals surface area contributed by atoms with Gasteiger partial charge in [0.15, 0.2) is 0 Å². The number of carbonyl (C=O) groups excluding carboxylic acids is 2. The molecule has 6 heteroatoms. The van der Waals surface area contributed by atoms with Crippen LogP contribution in [0, 0.1) is 5.92 Å². The molecule has 3 rings (SSSR count). The molecule has 1 aromatic rings. The van der Waals surface area contributed by atoms with E-state index in [0.717, 1.165) is 38.8 Å². The first-order chi connectivity index (χ1) is 12.1. The van der Waals surface area contributed by atoms with Gasteiger partial charge in [0, 0.05) is 31.5 Å². The molecule has 136 valence electrons. The summed E-state index contributed by atoms with van der Waals surface area (Å²) in [6.07, 6.45) is 4.87. The van der Waals surface area contributed by atoms with E-state index in [4.69, 9.17) is 16.3 Å². The Bertz CT molecular complexity index is 610. The second-order valence-electron chi connectivity index (χ2n) is 6.82. The molecule has 1 aliphatic heterocycles. The Hall–Kier alpha value is -1.75. The maximum absolute atomic E-state index is 12.0. The maximum Gasteiger partial charge on any atom is 0.225 e. The van der Waals surface area contributed by atoms with Crippen molar-refractivity contribution in [2.75, 3.05) is 19.7 Å². The number of piperidine rings is 1. The minimum absolute atomic E-state index is 0.0507. The second kappa shape index (κ2) is 8.56. The number of ether oxygens (including phenoxy) is 1.